The van der Waals surface area contributed by atoms with E-state index in [0.717, 1.165) is 18.2 Å². The summed E-state index contributed by atoms with van der Waals surface area (Å²) in [4.78, 5) is 24.1. The van der Waals surface area contributed by atoms with Crippen molar-refractivity contribution in [3.05, 3.63) is 59.2 Å². The zero-order valence-electron chi connectivity index (χ0n) is 15.4. The molecule has 9 heteroatoms. The summed E-state index contributed by atoms with van der Waals surface area (Å²) in [6.07, 6.45) is -3.98. The number of amides is 1. The highest BCUT2D eigenvalue weighted by molar-refractivity contribution is 5.96. The summed E-state index contributed by atoms with van der Waals surface area (Å²) in [5, 5.41) is 11.1. The molecule has 6 nitrogen and oxygen atoms in total. The number of carbonyl (C=O) groups is 2. The van der Waals surface area contributed by atoms with Gasteiger partial charge >= 0.3 is 12.1 Å². The molecular formula is C20H17F3N2O4. The van der Waals surface area contributed by atoms with Crippen molar-refractivity contribution in [2.45, 2.75) is 19.5 Å². The molecule has 1 amide bonds. The smallest absolute Gasteiger partial charge is 0.416 e. The molecular weight excluding hydrogens is 389 g/mol. The van der Waals surface area contributed by atoms with Crippen molar-refractivity contribution in [2.75, 3.05) is 18.5 Å². The summed E-state index contributed by atoms with van der Waals surface area (Å²) < 4.78 is 49.1. The first-order valence-electron chi connectivity index (χ1n) is 8.55. The lowest BCUT2D eigenvalue weighted by molar-refractivity contribution is -0.137. The summed E-state index contributed by atoms with van der Waals surface area (Å²) in [5.41, 5.74) is -0.823. The Morgan fingerprint density at radius 3 is 2.59 bits per heavy atom. The minimum Gasteiger partial charge on any atom is -0.491 e. The maximum Gasteiger partial charge on any atom is 0.416 e. The topological polar surface area (TPSA) is 88.4 Å². The van der Waals surface area contributed by atoms with Gasteiger partial charge in [0.25, 0.3) is 5.91 Å². The van der Waals surface area contributed by atoms with E-state index in [0.29, 0.717) is 6.42 Å². The summed E-state index contributed by atoms with van der Waals surface area (Å²) in [5.74, 6) is -1.61. The third-order valence-electron chi connectivity index (χ3n) is 3.60. The van der Waals surface area contributed by atoms with Gasteiger partial charge in [0.15, 0.2) is 6.61 Å². The molecule has 0 bridgehead atoms. The van der Waals surface area contributed by atoms with E-state index in [2.05, 4.69) is 5.32 Å². The normalized spacial score (nSPS) is 10.7. The van der Waals surface area contributed by atoms with Crippen LogP contribution in [-0.4, -0.2) is 25.1 Å². The number of nitriles is 1. The van der Waals surface area contributed by atoms with E-state index in [1.165, 1.54) is 24.3 Å². The maximum absolute atomic E-state index is 12.9. The zero-order chi connectivity index (χ0) is 21.4. The zero-order valence-corrected chi connectivity index (χ0v) is 15.4. The highest BCUT2D eigenvalue weighted by Gasteiger charge is 2.31. The summed E-state index contributed by atoms with van der Waals surface area (Å²) >= 11 is 0. The number of benzene rings is 2. The SMILES string of the molecule is CCCOc1ccc(C(F)(F)F)cc1NC(=O)COC(=O)c1cccc(C#N)c1. The van der Waals surface area contributed by atoms with Crippen molar-refractivity contribution < 1.29 is 32.2 Å². The van der Waals surface area contributed by atoms with Crippen LogP contribution in [0.3, 0.4) is 0 Å². The molecule has 0 spiro atoms. The van der Waals surface area contributed by atoms with E-state index >= 15 is 0 Å². The van der Waals surface area contributed by atoms with E-state index in [1.54, 1.807) is 0 Å². The van der Waals surface area contributed by atoms with Crippen LogP contribution in [0.2, 0.25) is 0 Å². The minimum atomic E-state index is -4.60. The van der Waals surface area contributed by atoms with Crippen molar-refractivity contribution >= 4 is 17.6 Å². The molecule has 1 N–H and O–H groups in total. The highest BCUT2D eigenvalue weighted by Crippen LogP contribution is 2.35. The molecule has 152 valence electrons. The van der Waals surface area contributed by atoms with Gasteiger partial charge in [-0.1, -0.05) is 13.0 Å². The fraction of sp³-hybridized carbons (Fsp3) is 0.250. The molecule has 29 heavy (non-hydrogen) atoms. The van der Waals surface area contributed by atoms with Crippen LogP contribution >= 0.6 is 0 Å². The number of nitrogens with zero attached hydrogens (tertiary/aromatic N) is 1. The highest BCUT2D eigenvalue weighted by atomic mass is 19.4. The second-order valence-corrected chi connectivity index (χ2v) is 5.87. The van der Waals surface area contributed by atoms with E-state index in [9.17, 15) is 22.8 Å². The lowest BCUT2D eigenvalue weighted by atomic mass is 10.1. The van der Waals surface area contributed by atoms with Gasteiger partial charge < -0.3 is 14.8 Å². The molecule has 2 aromatic carbocycles. The van der Waals surface area contributed by atoms with E-state index < -0.39 is 30.2 Å². The van der Waals surface area contributed by atoms with Gasteiger partial charge in [0.05, 0.1) is 35.1 Å². The number of alkyl halides is 3. The fourth-order valence-corrected chi connectivity index (χ4v) is 2.26. The van der Waals surface area contributed by atoms with Gasteiger partial charge in [0, 0.05) is 0 Å². The number of hydrogen-bond donors (Lipinski definition) is 1. The molecule has 0 unspecified atom stereocenters. The lowest BCUT2D eigenvalue weighted by Gasteiger charge is -2.15. The van der Waals surface area contributed by atoms with Crippen LogP contribution in [0.15, 0.2) is 42.5 Å². The largest absolute Gasteiger partial charge is 0.491 e. The van der Waals surface area contributed by atoms with Crippen molar-refractivity contribution in [3.8, 4) is 11.8 Å². The molecule has 0 fully saturated rings. The molecule has 0 atom stereocenters. The number of hydrogen-bond acceptors (Lipinski definition) is 5. The molecule has 0 saturated carbocycles. The minimum absolute atomic E-state index is 0.0706. The lowest BCUT2D eigenvalue weighted by Crippen LogP contribution is -2.21. The Bertz CT molecular complexity index is 936. The van der Waals surface area contributed by atoms with Crippen molar-refractivity contribution in [1.29, 1.82) is 5.26 Å². The van der Waals surface area contributed by atoms with Gasteiger partial charge in [-0.3, -0.25) is 4.79 Å². The Balaban J connectivity index is 2.08. The summed E-state index contributed by atoms with van der Waals surface area (Å²) in [6, 6.07) is 10.3. The number of halogens is 3. The number of esters is 1. The number of carbonyl (C=O) groups excluding carboxylic acids is 2. The van der Waals surface area contributed by atoms with E-state index in [1.807, 2.05) is 13.0 Å². The maximum atomic E-state index is 12.9. The van der Waals surface area contributed by atoms with Gasteiger partial charge in [-0.05, 0) is 42.8 Å². The Morgan fingerprint density at radius 1 is 1.17 bits per heavy atom. The summed E-state index contributed by atoms with van der Waals surface area (Å²) in [6.45, 7) is 1.35. The second kappa shape index (κ2) is 9.59. The van der Waals surface area contributed by atoms with Crippen LogP contribution < -0.4 is 10.1 Å². The number of rotatable bonds is 7. The van der Waals surface area contributed by atoms with Crippen LogP contribution in [0.4, 0.5) is 18.9 Å². The van der Waals surface area contributed by atoms with E-state index in [-0.39, 0.29) is 29.2 Å². The van der Waals surface area contributed by atoms with Gasteiger partial charge in [0.2, 0.25) is 0 Å². The van der Waals surface area contributed by atoms with Crippen molar-refractivity contribution in [1.82, 2.24) is 0 Å². The third kappa shape index (κ3) is 6.24. The molecule has 2 aromatic rings. The number of anilines is 1. The Kier molecular flexibility index (Phi) is 7.20. The standard InChI is InChI=1S/C20H17F3N2O4/c1-2-8-28-17-7-6-15(20(21,22)23)10-16(17)25-18(26)12-29-19(27)14-5-3-4-13(9-14)11-24/h3-7,9-10H,2,8,12H2,1H3,(H,25,26). The van der Waals surface area contributed by atoms with Gasteiger partial charge in [-0.2, -0.15) is 18.4 Å². The van der Waals surface area contributed by atoms with E-state index in [4.69, 9.17) is 14.7 Å². The van der Waals surface area contributed by atoms with Gasteiger partial charge in [0.1, 0.15) is 5.75 Å². The predicted molar refractivity (Wildman–Crippen MR) is 97.3 cm³/mol. The Labute approximate surface area is 164 Å². The second-order valence-electron chi connectivity index (χ2n) is 5.87. The molecule has 0 saturated heterocycles. The molecule has 0 aliphatic heterocycles. The molecule has 2 rings (SSSR count). The molecule has 0 radical (unpaired) electrons. The van der Waals surface area contributed by atoms with Crippen LogP contribution in [0.25, 0.3) is 0 Å². The van der Waals surface area contributed by atoms with Crippen molar-refractivity contribution in [2.24, 2.45) is 0 Å². The Hall–Kier alpha value is -3.54. The molecule has 0 heterocycles. The van der Waals surface area contributed by atoms with Gasteiger partial charge in [-0.15, -0.1) is 0 Å². The Morgan fingerprint density at radius 2 is 1.93 bits per heavy atom. The molecule has 0 aromatic heterocycles. The van der Waals surface area contributed by atoms with Crippen LogP contribution in [0, 0.1) is 11.3 Å². The average molecular weight is 406 g/mol. The van der Waals surface area contributed by atoms with Crippen LogP contribution in [0.1, 0.15) is 34.8 Å². The van der Waals surface area contributed by atoms with Crippen molar-refractivity contribution in [3.63, 3.8) is 0 Å². The quantitative estimate of drug-likeness (QED) is 0.698. The number of nitrogens with one attached hydrogen (secondary N) is 1. The molecule has 0 aliphatic rings. The summed E-state index contributed by atoms with van der Waals surface area (Å²) in [7, 11) is 0. The van der Waals surface area contributed by atoms with Crippen LogP contribution in [-0.2, 0) is 15.7 Å². The van der Waals surface area contributed by atoms with Gasteiger partial charge in [-0.25, -0.2) is 4.79 Å². The fourth-order valence-electron chi connectivity index (χ4n) is 2.26. The number of ether oxygens (including phenoxy) is 2. The predicted octanol–water partition coefficient (Wildman–Crippen LogP) is 4.16. The molecule has 0 aliphatic carbocycles. The first-order valence-corrected chi connectivity index (χ1v) is 8.55. The first-order chi connectivity index (χ1) is 13.7. The monoisotopic (exact) mass is 406 g/mol. The first kappa shape index (κ1) is 21.8. The average Bonchev–Trinajstić information content (AvgIpc) is 2.70. The van der Waals surface area contributed by atoms with Crippen LogP contribution in [0.5, 0.6) is 5.75 Å². The third-order valence-corrected chi connectivity index (χ3v) is 3.60.